The maximum absolute atomic E-state index is 10.1. The summed E-state index contributed by atoms with van der Waals surface area (Å²) in [5.41, 5.74) is 6.82. The van der Waals surface area contributed by atoms with Gasteiger partial charge in [0.05, 0.1) is 5.02 Å². The zero-order chi connectivity index (χ0) is 11.5. The van der Waals surface area contributed by atoms with Crippen LogP contribution in [0.3, 0.4) is 0 Å². The number of nitrogens with two attached hydrogens (primary N) is 1. The van der Waals surface area contributed by atoms with Gasteiger partial charge in [0.25, 0.3) is 0 Å². The monoisotopic (exact) mass is 235 g/mol. The molecule has 2 heterocycles. The number of pyridine rings is 2. The van der Waals surface area contributed by atoms with Gasteiger partial charge in [-0.3, -0.25) is 4.98 Å². The van der Waals surface area contributed by atoms with Gasteiger partial charge in [0.2, 0.25) is 0 Å². The Labute approximate surface area is 97.7 Å². The normalized spacial score (nSPS) is 12.4. The Morgan fingerprint density at radius 3 is 2.88 bits per heavy atom. The number of nitrogen functional groups attached to an aromatic ring is 1. The number of hydrogen-bond acceptors (Lipinski definition) is 4. The standard InChI is InChI=1S/C11H10ClN3O/c12-8-4-9(11(13)15-6-8)10(16)7-2-1-3-14-5-7/h1-6,10,16H,(H2,13,15). The van der Waals surface area contributed by atoms with Gasteiger partial charge >= 0.3 is 0 Å². The molecule has 3 N–H and O–H groups in total. The number of aliphatic hydroxyl groups is 1. The summed E-state index contributed by atoms with van der Waals surface area (Å²) in [6.45, 7) is 0. The third-order valence-electron chi connectivity index (χ3n) is 2.21. The van der Waals surface area contributed by atoms with Crippen molar-refractivity contribution in [1.82, 2.24) is 9.97 Å². The van der Waals surface area contributed by atoms with Crippen molar-refractivity contribution in [2.45, 2.75) is 6.10 Å². The smallest absolute Gasteiger partial charge is 0.129 e. The van der Waals surface area contributed by atoms with Crippen molar-refractivity contribution in [2.75, 3.05) is 5.73 Å². The summed E-state index contributed by atoms with van der Waals surface area (Å²) < 4.78 is 0. The molecule has 0 bridgehead atoms. The van der Waals surface area contributed by atoms with E-state index in [1.54, 1.807) is 30.6 Å². The second-order valence-corrected chi connectivity index (χ2v) is 3.75. The van der Waals surface area contributed by atoms with Crippen molar-refractivity contribution in [1.29, 1.82) is 0 Å². The van der Waals surface area contributed by atoms with E-state index in [1.165, 1.54) is 6.20 Å². The highest BCUT2D eigenvalue weighted by Gasteiger charge is 2.14. The molecule has 82 valence electrons. The van der Waals surface area contributed by atoms with Crippen molar-refractivity contribution < 1.29 is 5.11 Å². The predicted molar refractivity (Wildman–Crippen MR) is 62.0 cm³/mol. The first-order chi connectivity index (χ1) is 7.68. The van der Waals surface area contributed by atoms with E-state index in [9.17, 15) is 5.11 Å². The lowest BCUT2D eigenvalue weighted by atomic mass is 10.0. The molecule has 5 heteroatoms. The average molecular weight is 236 g/mol. The molecule has 2 aromatic rings. The lowest BCUT2D eigenvalue weighted by Crippen LogP contribution is -2.05. The molecule has 0 aromatic carbocycles. The van der Waals surface area contributed by atoms with E-state index in [2.05, 4.69) is 9.97 Å². The molecule has 4 nitrogen and oxygen atoms in total. The summed E-state index contributed by atoms with van der Waals surface area (Å²) in [6.07, 6.45) is 3.79. The van der Waals surface area contributed by atoms with Crippen LogP contribution in [0.5, 0.6) is 0 Å². The summed E-state index contributed by atoms with van der Waals surface area (Å²) >= 11 is 5.80. The van der Waals surface area contributed by atoms with Crippen LogP contribution in [0.4, 0.5) is 5.82 Å². The highest BCUT2D eigenvalue weighted by Crippen LogP contribution is 2.26. The number of rotatable bonds is 2. The minimum absolute atomic E-state index is 0.265. The van der Waals surface area contributed by atoms with Crippen molar-refractivity contribution in [2.24, 2.45) is 0 Å². The molecule has 0 radical (unpaired) electrons. The van der Waals surface area contributed by atoms with E-state index in [1.807, 2.05) is 0 Å². The Morgan fingerprint density at radius 1 is 1.38 bits per heavy atom. The first-order valence-electron chi connectivity index (χ1n) is 4.67. The maximum atomic E-state index is 10.1. The third kappa shape index (κ3) is 2.13. The van der Waals surface area contributed by atoms with E-state index in [0.717, 1.165) is 0 Å². The number of anilines is 1. The summed E-state index contributed by atoms with van der Waals surface area (Å²) in [4.78, 5) is 7.82. The Morgan fingerprint density at radius 2 is 2.19 bits per heavy atom. The van der Waals surface area contributed by atoms with Crippen LogP contribution in [-0.2, 0) is 0 Å². The van der Waals surface area contributed by atoms with Crippen LogP contribution in [0, 0.1) is 0 Å². The maximum Gasteiger partial charge on any atom is 0.129 e. The second kappa shape index (κ2) is 4.47. The molecule has 0 aliphatic heterocycles. The summed E-state index contributed by atoms with van der Waals surface area (Å²) in [7, 11) is 0. The first-order valence-corrected chi connectivity index (χ1v) is 5.05. The fraction of sp³-hybridized carbons (Fsp3) is 0.0909. The van der Waals surface area contributed by atoms with Crippen LogP contribution in [0.1, 0.15) is 17.2 Å². The highest BCUT2D eigenvalue weighted by molar-refractivity contribution is 6.30. The molecule has 0 aliphatic carbocycles. The molecule has 0 saturated heterocycles. The lowest BCUT2D eigenvalue weighted by Gasteiger charge is -2.12. The molecule has 0 aliphatic rings. The van der Waals surface area contributed by atoms with Crippen molar-refractivity contribution in [3.63, 3.8) is 0 Å². The minimum Gasteiger partial charge on any atom is -0.383 e. The van der Waals surface area contributed by atoms with E-state index >= 15 is 0 Å². The van der Waals surface area contributed by atoms with Gasteiger partial charge in [0.1, 0.15) is 11.9 Å². The number of aromatic nitrogens is 2. The summed E-state index contributed by atoms with van der Waals surface area (Å²) in [5, 5.41) is 10.5. The van der Waals surface area contributed by atoms with Crippen LogP contribution in [0.2, 0.25) is 5.02 Å². The van der Waals surface area contributed by atoms with Gasteiger partial charge in [-0.15, -0.1) is 0 Å². The largest absolute Gasteiger partial charge is 0.383 e. The van der Waals surface area contributed by atoms with Crippen molar-refractivity contribution >= 4 is 17.4 Å². The van der Waals surface area contributed by atoms with Crippen LogP contribution >= 0.6 is 11.6 Å². The van der Waals surface area contributed by atoms with E-state index in [4.69, 9.17) is 17.3 Å². The fourth-order valence-corrected chi connectivity index (χ4v) is 1.57. The molecule has 16 heavy (non-hydrogen) atoms. The molecule has 0 spiro atoms. The van der Waals surface area contributed by atoms with Gasteiger partial charge in [-0.05, 0) is 12.1 Å². The van der Waals surface area contributed by atoms with Gasteiger partial charge in [0, 0.05) is 29.7 Å². The summed E-state index contributed by atoms with van der Waals surface area (Å²) in [5.74, 6) is 0.265. The quantitative estimate of drug-likeness (QED) is 0.833. The number of hydrogen-bond donors (Lipinski definition) is 2. The average Bonchev–Trinajstić information content (AvgIpc) is 2.32. The van der Waals surface area contributed by atoms with Crippen molar-refractivity contribution in [3.05, 3.63) is 52.9 Å². The Bertz CT molecular complexity index is 490. The van der Waals surface area contributed by atoms with E-state index < -0.39 is 6.10 Å². The topological polar surface area (TPSA) is 72.0 Å². The Hall–Kier alpha value is -1.65. The van der Waals surface area contributed by atoms with E-state index in [0.29, 0.717) is 16.1 Å². The highest BCUT2D eigenvalue weighted by atomic mass is 35.5. The Balaban J connectivity index is 2.41. The molecule has 0 saturated carbocycles. The molecule has 1 atom stereocenters. The third-order valence-corrected chi connectivity index (χ3v) is 2.42. The van der Waals surface area contributed by atoms with Gasteiger partial charge in [-0.1, -0.05) is 17.7 Å². The number of halogens is 1. The Kier molecular flexibility index (Phi) is 3.03. The van der Waals surface area contributed by atoms with E-state index in [-0.39, 0.29) is 5.82 Å². The van der Waals surface area contributed by atoms with Gasteiger partial charge in [-0.2, -0.15) is 0 Å². The number of nitrogens with zero attached hydrogens (tertiary/aromatic N) is 2. The van der Waals surface area contributed by atoms with Crippen LogP contribution in [0.25, 0.3) is 0 Å². The van der Waals surface area contributed by atoms with Gasteiger partial charge in [0.15, 0.2) is 0 Å². The van der Waals surface area contributed by atoms with Gasteiger partial charge < -0.3 is 10.8 Å². The first kappa shape index (κ1) is 10.9. The molecular weight excluding hydrogens is 226 g/mol. The number of aliphatic hydroxyl groups excluding tert-OH is 1. The van der Waals surface area contributed by atoms with Crippen LogP contribution in [0.15, 0.2) is 36.8 Å². The fourth-order valence-electron chi connectivity index (χ4n) is 1.40. The van der Waals surface area contributed by atoms with Crippen LogP contribution in [-0.4, -0.2) is 15.1 Å². The molecule has 2 rings (SSSR count). The minimum atomic E-state index is -0.861. The van der Waals surface area contributed by atoms with Crippen molar-refractivity contribution in [3.8, 4) is 0 Å². The van der Waals surface area contributed by atoms with Gasteiger partial charge in [-0.25, -0.2) is 4.98 Å². The summed E-state index contributed by atoms with van der Waals surface area (Å²) in [6, 6.07) is 5.10. The van der Waals surface area contributed by atoms with Crippen LogP contribution < -0.4 is 5.73 Å². The molecule has 1 unspecified atom stereocenters. The zero-order valence-electron chi connectivity index (χ0n) is 8.34. The zero-order valence-corrected chi connectivity index (χ0v) is 9.09. The predicted octanol–water partition coefficient (Wildman–Crippen LogP) is 1.79. The second-order valence-electron chi connectivity index (χ2n) is 3.32. The molecule has 2 aromatic heterocycles. The SMILES string of the molecule is Nc1ncc(Cl)cc1C(O)c1cccnc1. The molecule has 0 amide bonds. The lowest BCUT2D eigenvalue weighted by molar-refractivity contribution is 0.220. The molecular formula is C11H10ClN3O. The molecule has 0 fully saturated rings.